The zero-order chi connectivity index (χ0) is 14.0. The van der Waals surface area contributed by atoms with E-state index in [2.05, 4.69) is 15.9 Å². The average Bonchev–Trinajstić information content (AvgIpc) is 2.69. The lowest BCUT2D eigenvalue weighted by Crippen LogP contribution is -2.26. The Labute approximate surface area is 121 Å². The quantitative estimate of drug-likeness (QED) is 0.905. The van der Waals surface area contributed by atoms with Crippen molar-refractivity contribution in [3.05, 3.63) is 34.1 Å². The van der Waals surface area contributed by atoms with Crippen molar-refractivity contribution in [2.75, 3.05) is 18.1 Å². The monoisotopic (exact) mass is 349 g/mol. The summed E-state index contributed by atoms with van der Waals surface area (Å²) in [5.41, 5.74) is 6.76. The second-order valence-corrected chi connectivity index (χ2v) is 8.18. The molecule has 2 N–H and O–H groups in total. The van der Waals surface area contributed by atoms with Gasteiger partial charge in [-0.2, -0.15) is 0 Å². The van der Waals surface area contributed by atoms with Crippen LogP contribution in [0.5, 0.6) is 0 Å². The van der Waals surface area contributed by atoms with Crippen molar-refractivity contribution < 1.29 is 12.8 Å². The van der Waals surface area contributed by atoms with Gasteiger partial charge in [-0.05, 0) is 48.9 Å². The number of rotatable bonds is 4. The highest BCUT2D eigenvalue weighted by Crippen LogP contribution is 2.30. The van der Waals surface area contributed by atoms with Crippen molar-refractivity contribution >= 4 is 25.8 Å². The fourth-order valence-electron chi connectivity index (χ4n) is 2.61. The lowest BCUT2D eigenvalue weighted by Gasteiger charge is -2.21. The van der Waals surface area contributed by atoms with Crippen LogP contribution in [0.25, 0.3) is 0 Å². The topological polar surface area (TPSA) is 60.2 Å². The number of benzene rings is 1. The Morgan fingerprint density at radius 1 is 1.47 bits per heavy atom. The summed E-state index contributed by atoms with van der Waals surface area (Å²) in [6.07, 6.45) is 1.36. The summed E-state index contributed by atoms with van der Waals surface area (Å²) in [5.74, 6) is 0.446. The minimum absolute atomic E-state index is 0.118. The van der Waals surface area contributed by atoms with Gasteiger partial charge in [-0.1, -0.05) is 22.0 Å². The van der Waals surface area contributed by atoms with Gasteiger partial charge in [0.05, 0.1) is 11.5 Å². The fourth-order valence-corrected chi connectivity index (χ4v) is 5.04. The van der Waals surface area contributed by atoms with E-state index in [4.69, 9.17) is 5.73 Å². The first-order chi connectivity index (χ1) is 8.91. The van der Waals surface area contributed by atoms with Crippen LogP contribution in [0.4, 0.5) is 4.39 Å². The van der Waals surface area contributed by atoms with Crippen LogP contribution in [0.15, 0.2) is 22.7 Å². The molecular formula is C13H17BrFNO2S. The van der Waals surface area contributed by atoms with Gasteiger partial charge in [-0.15, -0.1) is 0 Å². The maximum absolute atomic E-state index is 13.0. The molecule has 1 aromatic carbocycles. The number of nitrogens with two attached hydrogens (primary N) is 1. The van der Waals surface area contributed by atoms with E-state index < -0.39 is 9.84 Å². The molecule has 19 heavy (non-hydrogen) atoms. The molecule has 1 aliphatic rings. The Bertz CT molecular complexity index is 562. The molecule has 3 nitrogen and oxygen atoms in total. The highest BCUT2D eigenvalue weighted by molar-refractivity contribution is 9.10. The molecule has 0 saturated carbocycles. The summed E-state index contributed by atoms with van der Waals surface area (Å²) < 4.78 is 36.8. The Balaban J connectivity index is 2.11. The van der Waals surface area contributed by atoms with Gasteiger partial charge in [-0.25, -0.2) is 12.8 Å². The molecule has 0 spiro atoms. The minimum Gasteiger partial charge on any atom is -0.330 e. The molecule has 1 fully saturated rings. The first-order valence-corrected chi connectivity index (χ1v) is 8.87. The zero-order valence-corrected chi connectivity index (χ0v) is 12.9. The predicted molar refractivity (Wildman–Crippen MR) is 77.1 cm³/mol. The molecule has 106 valence electrons. The molecule has 2 unspecified atom stereocenters. The summed E-state index contributed by atoms with van der Waals surface area (Å²) in [5, 5.41) is 0. The normalized spacial score (nSPS) is 23.4. The van der Waals surface area contributed by atoms with Gasteiger partial charge in [-0.3, -0.25) is 0 Å². The maximum atomic E-state index is 13.0. The van der Waals surface area contributed by atoms with E-state index >= 15 is 0 Å². The molecule has 1 saturated heterocycles. The van der Waals surface area contributed by atoms with Gasteiger partial charge in [0.2, 0.25) is 0 Å². The Morgan fingerprint density at radius 2 is 2.21 bits per heavy atom. The Kier molecular flexibility index (Phi) is 4.63. The fraction of sp³-hybridized carbons (Fsp3) is 0.538. The first-order valence-electron chi connectivity index (χ1n) is 6.25. The molecule has 2 rings (SSSR count). The lowest BCUT2D eigenvalue weighted by molar-refractivity contribution is 0.370. The van der Waals surface area contributed by atoms with E-state index in [1.807, 2.05) is 0 Å². The average molecular weight is 350 g/mol. The van der Waals surface area contributed by atoms with Crippen LogP contribution in [0.1, 0.15) is 12.0 Å². The highest BCUT2D eigenvalue weighted by Gasteiger charge is 2.33. The van der Waals surface area contributed by atoms with E-state index in [9.17, 15) is 12.8 Å². The molecular weight excluding hydrogens is 333 g/mol. The van der Waals surface area contributed by atoms with Crippen LogP contribution in [0, 0.1) is 17.7 Å². The van der Waals surface area contributed by atoms with E-state index in [0.29, 0.717) is 23.9 Å². The van der Waals surface area contributed by atoms with Crippen LogP contribution in [0.3, 0.4) is 0 Å². The van der Waals surface area contributed by atoms with Crippen LogP contribution in [-0.2, 0) is 16.3 Å². The van der Waals surface area contributed by atoms with Crippen molar-refractivity contribution in [3.63, 3.8) is 0 Å². The number of hydrogen-bond donors (Lipinski definition) is 1. The molecule has 1 heterocycles. The number of hydrogen-bond acceptors (Lipinski definition) is 3. The molecule has 0 aliphatic carbocycles. The van der Waals surface area contributed by atoms with E-state index in [0.717, 1.165) is 5.56 Å². The van der Waals surface area contributed by atoms with Crippen molar-refractivity contribution in [3.8, 4) is 0 Å². The van der Waals surface area contributed by atoms with Gasteiger partial charge in [0.25, 0.3) is 0 Å². The van der Waals surface area contributed by atoms with Crippen LogP contribution < -0.4 is 5.73 Å². The smallest absolute Gasteiger partial charge is 0.150 e. The molecule has 6 heteroatoms. The lowest BCUT2D eigenvalue weighted by atomic mass is 9.86. The molecule has 2 atom stereocenters. The SMILES string of the molecule is NCC(Cc1ccc(F)cc1Br)C1CCS(=O)(=O)C1. The van der Waals surface area contributed by atoms with E-state index in [-0.39, 0.29) is 29.2 Å². The van der Waals surface area contributed by atoms with Gasteiger partial charge in [0, 0.05) is 4.47 Å². The molecule has 0 bridgehead atoms. The minimum atomic E-state index is -2.89. The Hall–Kier alpha value is -0.460. The molecule has 1 aliphatic heterocycles. The third kappa shape index (κ3) is 3.77. The molecule has 1 aromatic rings. The van der Waals surface area contributed by atoms with Gasteiger partial charge >= 0.3 is 0 Å². The van der Waals surface area contributed by atoms with Crippen LogP contribution >= 0.6 is 15.9 Å². The van der Waals surface area contributed by atoms with E-state index in [1.165, 1.54) is 12.1 Å². The summed E-state index contributed by atoms with van der Waals surface area (Å²) in [6.45, 7) is 0.448. The summed E-state index contributed by atoms with van der Waals surface area (Å²) in [7, 11) is -2.89. The van der Waals surface area contributed by atoms with E-state index in [1.54, 1.807) is 6.07 Å². The summed E-state index contributed by atoms with van der Waals surface area (Å²) >= 11 is 3.34. The van der Waals surface area contributed by atoms with Crippen LogP contribution in [0.2, 0.25) is 0 Å². The second-order valence-electron chi connectivity index (χ2n) is 5.10. The van der Waals surface area contributed by atoms with Crippen molar-refractivity contribution in [1.29, 1.82) is 0 Å². The van der Waals surface area contributed by atoms with Gasteiger partial charge < -0.3 is 5.73 Å². The second kappa shape index (κ2) is 5.89. The molecule has 0 aromatic heterocycles. The zero-order valence-electron chi connectivity index (χ0n) is 10.5. The largest absolute Gasteiger partial charge is 0.330 e. The first kappa shape index (κ1) is 14.9. The molecule has 0 radical (unpaired) electrons. The summed E-state index contributed by atoms with van der Waals surface area (Å²) in [6, 6.07) is 4.57. The van der Waals surface area contributed by atoms with Gasteiger partial charge in [0.1, 0.15) is 5.82 Å². The molecule has 0 amide bonds. The Morgan fingerprint density at radius 3 is 2.74 bits per heavy atom. The van der Waals surface area contributed by atoms with Crippen molar-refractivity contribution in [1.82, 2.24) is 0 Å². The highest BCUT2D eigenvalue weighted by atomic mass is 79.9. The summed E-state index contributed by atoms with van der Waals surface area (Å²) in [4.78, 5) is 0. The third-order valence-corrected chi connectivity index (χ3v) is 6.27. The number of halogens is 2. The number of sulfone groups is 1. The van der Waals surface area contributed by atoms with Crippen molar-refractivity contribution in [2.45, 2.75) is 12.8 Å². The maximum Gasteiger partial charge on any atom is 0.150 e. The van der Waals surface area contributed by atoms with Gasteiger partial charge in [0.15, 0.2) is 9.84 Å². The van der Waals surface area contributed by atoms with Crippen LogP contribution in [-0.4, -0.2) is 26.5 Å². The van der Waals surface area contributed by atoms with Crippen molar-refractivity contribution in [2.24, 2.45) is 17.6 Å². The predicted octanol–water partition coefficient (Wildman–Crippen LogP) is 2.14. The third-order valence-electron chi connectivity index (χ3n) is 3.73. The standard InChI is InChI=1S/C13H17BrFNO2S/c14-13-6-12(15)2-1-9(13)5-11(7-16)10-3-4-19(17,18)8-10/h1-2,6,10-11H,3-5,7-8,16H2.